The van der Waals surface area contributed by atoms with E-state index in [4.69, 9.17) is 0 Å². The quantitative estimate of drug-likeness (QED) is 0.396. The standard InChI is InChI=1S/2C8H10.C7H8.C2H6/c2*1-7-5-3-4-6-8(7)2;1-7-5-3-2-4-6-7;1-2/h2*3-6H,1-2H3;2-6H,1H3;1-2H3. The van der Waals surface area contributed by atoms with Crippen LogP contribution in [-0.2, 0) is 0 Å². The Kier molecular flexibility index (Phi) is 12.7. The van der Waals surface area contributed by atoms with Crippen molar-refractivity contribution in [2.24, 2.45) is 0 Å². The Bertz CT molecular complexity index is 596. The Balaban J connectivity index is 0.000000330. The van der Waals surface area contributed by atoms with E-state index in [1.54, 1.807) is 0 Å². The first-order valence-electron chi connectivity index (χ1n) is 9.07. The Labute approximate surface area is 155 Å². The molecule has 0 N–H and O–H groups in total. The van der Waals surface area contributed by atoms with Crippen LogP contribution in [-0.4, -0.2) is 0 Å². The second-order valence-electron chi connectivity index (χ2n) is 5.82. The zero-order chi connectivity index (χ0) is 19.1. The summed E-state index contributed by atoms with van der Waals surface area (Å²) in [6.07, 6.45) is 0. The number of benzene rings is 3. The lowest BCUT2D eigenvalue weighted by Gasteiger charge is -1.93. The fourth-order valence-corrected chi connectivity index (χ4v) is 1.86. The van der Waals surface area contributed by atoms with Crippen LogP contribution < -0.4 is 0 Å². The minimum atomic E-state index is 1.32. The van der Waals surface area contributed by atoms with Crippen LogP contribution in [0, 0.1) is 34.6 Å². The maximum Gasteiger partial charge on any atom is -0.0395 e. The van der Waals surface area contributed by atoms with Crippen LogP contribution in [0.15, 0.2) is 78.9 Å². The molecule has 3 rings (SSSR count). The molecular weight excluding hydrogens is 300 g/mol. The molecule has 0 aliphatic heterocycles. The Morgan fingerprint density at radius 3 is 0.760 bits per heavy atom. The van der Waals surface area contributed by atoms with Crippen molar-refractivity contribution in [2.75, 3.05) is 0 Å². The molecule has 3 aromatic carbocycles. The lowest BCUT2D eigenvalue weighted by Crippen LogP contribution is -1.74. The van der Waals surface area contributed by atoms with Crippen molar-refractivity contribution >= 4 is 0 Å². The second-order valence-corrected chi connectivity index (χ2v) is 5.82. The van der Waals surface area contributed by atoms with Crippen LogP contribution >= 0.6 is 0 Å². The number of rotatable bonds is 0. The molecule has 134 valence electrons. The molecule has 0 bridgehead atoms. The van der Waals surface area contributed by atoms with Gasteiger partial charge in [-0.25, -0.2) is 0 Å². The van der Waals surface area contributed by atoms with Crippen LogP contribution in [0.4, 0.5) is 0 Å². The van der Waals surface area contributed by atoms with E-state index in [1.807, 2.05) is 32.0 Å². The Hall–Kier alpha value is -2.34. The third kappa shape index (κ3) is 10.9. The normalized spacial score (nSPS) is 8.60. The highest BCUT2D eigenvalue weighted by Gasteiger charge is 1.84. The summed E-state index contributed by atoms with van der Waals surface area (Å²) in [5, 5.41) is 0. The molecule has 0 heteroatoms. The van der Waals surface area contributed by atoms with Gasteiger partial charge in [-0.1, -0.05) is 98.3 Å². The maximum absolute atomic E-state index is 2.12. The van der Waals surface area contributed by atoms with Gasteiger partial charge in [0, 0.05) is 0 Å². The van der Waals surface area contributed by atoms with E-state index < -0.39 is 0 Å². The van der Waals surface area contributed by atoms with Gasteiger partial charge in [0.05, 0.1) is 0 Å². The van der Waals surface area contributed by atoms with Gasteiger partial charge in [-0.2, -0.15) is 0 Å². The molecule has 0 aliphatic carbocycles. The van der Waals surface area contributed by atoms with Gasteiger partial charge in [0.2, 0.25) is 0 Å². The molecule has 0 saturated heterocycles. The lowest BCUT2D eigenvalue weighted by molar-refractivity contribution is 1.34. The largest absolute Gasteiger partial charge is 0.0683 e. The summed E-state index contributed by atoms with van der Waals surface area (Å²) in [6.45, 7) is 14.6. The number of aryl methyl sites for hydroxylation is 5. The third-order valence-corrected chi connectivity index (χ3v) is 3.79. The third-order valence-electron chi connectivity index (χ3n) is 3.79. The Morgan fingerprint density at radius 2 is 0.600 bits per heavy atom. The van der Waals surface area contributed by atoms with Crippen molar-refractivity contribution in [2.45, 2.75) is 48.5 Å². The van der Waals surface area contributed by atoms with Crippen LogP contribution in [0.5, 0.6) is 0 Å². The molecule has 0 aromatic heterocycles. The van der Waals surface area contributed by atoms with Crippen molar-refractivity contribution < 1.29 is 0 Å². The first-order chi connectivity index (χ1) is 12.0. The van der Waals surface area contributed by atoms with Gasteiger partial charge in [0.1, 0.15) is 0 Å². The summed E-state index contributed by atoms with van der Waals surface area (Å²) in [7, 11) is 0. The highest BCUT2D eigenvalue weighted by atomic mass is 13.9. The van der Waals surface area contributed by atoms with E-state index in [0.717, 1.165) is 0 Å². The Morgan fingerprint density at radius 1 is 0.360 bits per heavy atom. The molecule has 0 fully saturated rings. The van der Waals surface area contributed by atoms with E-state index in [-0.39, 0.29) is 0 Å². The molecule has 0 aliphatic rings. The molecule has 0 spiro atoms. The van der Waals surface area contributed by atoms with Crippen molar-refractivity contribution in [3.63, 3.8) is 0 Å². The van der Waals surface area contributed by atoms with Gasteiger partial charge < -0.3 is 0 Å². The summed E-state index contributed by atoms with van der Waals surface area (Å²) in [4.78, 5) is 0. The van der Waals surface area contributed by atoms with Crippen molar-refractivity contribution in [1.82, 2.24) is 0 Å². The molecule has 0 heterocycles. The first kappa shape index (κ1) is 22.7. The summed E-state index contributed by atoms with van der Waals surface area (Å²) in [5.41, 5.74) is 6.79. The molecule has 0 radical (unpaired) electrons. The van der Waals surface area contributed by atoms with E-state index >= 15 is 0 Å². The summed E-state index contributed by atoms with van der Waals surface area (Å²) < 4.78 is 0. The fourth-order valence-electron chi connectivity index (χ4n) is 1.86. The second kappa shape index (κ2) is 14.0. The molecule has 0 unspecified atom stereocenters. The number of hydrogen-bond acceptors (Lipinski definition) is 0. The first-order valence-corrected chi connectivity index (χ1v) is 9.07. The SMILES string of the molecule is CC.Cc1ccccc1.Cc1ccccc1C.Cc1ccccc1C. The maximum atomic E-state index is 2.12. The van der Waals surface area contributed by atoms with Crippen LogP contribution in [0.25, 0.3) is 0 Å². The van der Waals surface area contributed by atoms with Crippen LogP contribution in [0.3, 0.4) is 0 Å². The highest BCUT2D eigenvalue weighted by Crippen LogP contribution is 2.03. The van der Waals surface area contributed by atoms with Gasteiger partial charge in [0.15, 0.2) is 0 Å². The van der Waals surface area contributed by atoms with Gasteiger partial charge in [-0.05, 0) is 56.9 Å². The number of hydrogen-bond donors (Lipinski definition) is 0. The zero-order valence-electron chi connectivity index (χ0n) is 17.0. The molecule has 3 aromatic rings. The van der Waals surface area contributed by atoms with Gasteiger partial charge in [-0.15, -0.1) is 0 Å². The summed E-state index contributed by atoms with van der Waals surface area (Å²) in [6, 6.07) is 27.0. The van der Waals surface area contributed by atoms with E-state index in [0.29, 0.717) is 0 Å². The highest BCUT2D eigenvalue weighted by molar-refractivity contribution is 5.24. The van der Waals surface area contributed by atoms with Crippen molar-refractivity contribution in [3.05, 3.63) is 107 Å². The minimum absolute atomic E-state index is 1.32. The van der Waals surface area contributed by atoms with Gasteiger partial charge in [0.25, 0.3) is 0 Å². The fraction of sp³-hybridized carbons (Fsp3) is 0.280. The predicted octanol–water partition coefficient (Wildman–Crippen LogP) is 7.63. The zero-order valence-corrected chi connectivity index (χ0v) is 17.0. The monoisotopic (exact) mass is 334 g/mol. The molecule has 25 heavy (non-hydrogen) atoms. The van der Waals surface area contributed by atoms with E-state index in [1.165, 1.54) is 27.8 Å². The van der Waals surface area contributed by atoms with Gasteiger partial charge >= 0.3 is 0 Å². The molecule has 0 nitrogen and oxygen atoms in total. The molecular formula is C25H34. The smallest absolute Gasteiger partial charge is 0.0395 e. The topological polar surface area (TPSA) is 0 Å². The average molecular weight is 335 g/mol. The summed E-state index contributed by atoms with van der Waals surface area (Å²) in [5.74, 6) is 0. The van der Waals surface area contributed by atoms with Crippen molar-refractivity contribution in [3.8, 4) is 0 Å². The summed E-state index contributed by atoms with van der Waals surface area (Å²) >= 11 is 0. The van der Waals surface area contributed by atoms with Gasteiger partial charge in [-0.3, -0.25) is 0 Å². The lowest BCUT2D eigenvalue weighted by atomic mass is 10.1. The molecule has 0 amide bonds. The van der Waals surface area contributed by atoms with E-state index in [9.17, 15) is 0 Å². The molecule has 0 saturated carbocycles. The van der Waals surface area contributed by atoms with Crippen molar-refractivity contribution in [1.29, 1.82) is 0 Å². The predicted molar refractivity (Wildman–Crippen MR) is 114 cm³/mol. The minimum Gasteiger partial charge on any atom is -0.0683 e. The van der Waals surface area contributed by atoms with E-state index in [2.05, 4.69) is 95.3 Å². The van der Waals surface area contributed by atoms with Crippen LogP contribution in [0.2, 0.25) is 0 Å². The average Bonchev–Trinajstić information content (AvgIpc) is 2.64. The molecule has 0 atom stereocenters. The van der Waals surface area contributed by atoms with Crippen LogP contribution in [0.1, 0.15) is 41.7 Å².